The van der Waals surface area contributed by atoms with Gasteiger partial charge in [0.15, 0.2) is 5.13 Å². The van der Waals surface area contributed by atoms with Gasteiger partial charge in [-0.05, 0) is 19.9 Å². The van der Waals surface area contributed by atoms with Gasteiger partial charge in [0, 0.05) is 30.6 Å². The smallest absolute Gasteiger partial charge is 0.410 e. The molecule has 2 amide bonds. The second-order valence-electron chi connectivity index (χ2n) is 5.25. The molecule has 128 valence electrons. The van der Waals surface area contributed by atoms with E-state index < -0.39 is 0 Å². The van der Waals surface area contributed by atoms with Gasteiger partial charge in [-0.2, -0.15) is 5.10 Å². The number of hydrogen-bond acceptors (Lipinski definition) is 6. The Bertz CT molecular complexity index is 754. The predicted octanol–water partition coefficient (Wildman–Crippen LogP) is 2.13. The first-order chi connectivity index (χ1) is 11.6. The number of amides is 2. The highest BCUT2D eigenvalue weighted by molar-refractivity contribution is 7.15. The minimum Gasteiger partial charge on any atom is -0.450 e. The maximum atomic E-state index is 12.3. The molecule has 24 heavy (non-hydrogen) atoms. The van der Waals surface area contributed by atoms with Crippen molar-refractivity contribution < 1.29 is 14.3 Å². The summed E-state index contributed by atoms with van der Waals surface area (Å²) in [4.78, 5) is 31.3. The molecule has 0 saturated carbocycles. The van der Waals surface area contributed by atoms with E-state index in [0.29, 0.717) is 43.5 Å². The number of thiazole rings is 1. The van der Waals surface area contributed by atoms with E-state index >= 15 is 0 Å². The van der Waals surface area contributed by atoms with Gasteiger partial charge in [0.05, 0.1) is 18.8 Å². The minimum atomic E-state index is -0.311. The summed E-state index contributed by atoms with van der Waals surface area (Å²) in [5.74, 6) is -0.234. The number of anilines is 1. The lowest BCUT2D eigenvalue weighted by Gasteiger charge is -2.24. The molecule has 2 aromatic rings. The van der Waals surface area contributed by atoms with Crippen LogP contribution in [0.1, 0.15) is 34.9 Å². The first-order valence-electron chi connectivity index (χ1n) is 7.85. The van der Waals surface area contributed by atoms with E-state index in [2.05, 4.69) is 15.4 Å². The van der Waals surface area contributed by atoms with Gasteiger partial charge >= 0.3 is 6.09 Å². The third-order valence-corrected chi connectivity index (χ3v) is 4.72. The average Bonchev–Trinajstić information content (AvgIpc) is 3.20. The molecular formula is C15H19N5O3S. The maximum absolute atomic E-state index is 12.3. The fourth-order valence-corrected chi connectivity index (χ4v) is 3.58. The highest BCUT2D eigenvalue weighted by atomic mass is 32.1. The topological polar surface area (TPSA) is 89.3 Å². The number of nitrogens with one attached hydrogen (secondary N) is 1. The number of hydrogen-bond donors (Lipinski definition) is 1. The molecule has 0 fully saturated rings. The Kier molecular flexibility index (Phi) is 4.79. The highest BCUT2D eigenvalue weighted by Crippen LogP contribution is 2.28. The standard InChI is InChI=1S/C15H19N5O3S/c1-3-20-11(5-7-16-20)13(21)18-14-17-10-6-8-19(9-12(10)24-14)15(22)23-4-2/h5,7H,3-4,6,8-9H2,1-2H3,(H,17,18,21). The lowest BCUT2D eigenvalue weighted by Crippen LogP contribution is -2.35. The molecule has 0 saturated heterocycles. The van der Waals surface area contributed by atoms with Crippen molar-refractivity contribution in [2.24, 2.45) is 0 Å². The summed E-state index contributed by atoms with van der Waals surface area (Å²) in [6, 6.07) is 1.68. The van der Waals surface area contributed by atoms with Crippen LogP contribution in [0.2, 0.25) is 0 Å². The maximum Gasteiger partial charge on any atom is 0.410 e. The van der Waals surface area contributed by atoms with Crippen molar-refractivity contribution in [3.63, 3.8) is 0 Å². The zero-order valence-corrected chi connectivity index (χ0v) is 14.4. The van der Waals surface area contributed by atoms with E-state index in [0.717, 1.165) is 10.6 Å². The second-order valence-corrected chi connectivity index (χ2v) is 6.33. The van der Waals surface area contributed by atoms with Crippen molar-refractivity contribution in [1.29, 1.82) is 0 Å². The molecule has 3 rings (SSSR count). The van der Waals surface area contributed by atoms with Gasteiger partial charge in [-0.3, -0.25) is 14.8 Å². The third-order valence-electron chi connectivity index (χ3n) is 3.73. The summed E-state index contributed by atoms with van der Waals surface area (Å²) >= 11 is 1.39. The molecular weight excluding hydrogens is 330 g/mol. The van der Waals surface area contributed by atoms with Crippen LogP contribution in [-0.2, 0) is 24.2 Å². The Hall–Kier alpha value is -2.42. The average molecular weight is 349 g/mol. The SMILES string of the molecule is CCOC(=O)N1CCc2nc(NC(=O)c3ccnn3CC)sc2C1. The molecule has 3 heterocycles. The van der Waals surface area contributed by atoms with Crippen LogP contribution in [0.4, 0.5) is 9.93 Å². The number of aromatic nitrogens is 3. The number of fused-ring (bicyclic) bond motifs is 1. The Morgan fingerprint density at radius 3 is 3.00 bits per heavy atom. The molecule has 0 aromatic carbocycles. The van der Waals surface area contributed by atoms with E-state index in [-0.39, 0.29) is 12.0 Å². The van der Waals surface area contributed by atoms with Crippen molar-refractivity contribution in [1.82, 2.24) is 19.7 Å². The van der Waals surface area contributed by atoms with E-state index in [1.807, 2.05) is 6.92 Å². The molecule has 0 atom stereocenters. The van der Waals surface area contributed by atoms with Crippen LogP contribution < -0.4 is 5.32 Å². The molecule has 0 unspecified atom stereocenters. The van der Waals surface area contributed by atoms with E-state index in [9.17, 15) is 9.59 Å². The summed E-state index contributed by atoms with van der Waals surface area (Å²) in [5, 5.41) is 7.45. The number of ether oxygens (including phenoxy) is 1. The van der Waals surface area contributed by atoms with Crippen LogP contribution in [0, 0.1) is 0 Å². The van der Waals surface area contributed by atoms with Crippen molar-refractivity contribution in [2.45, 2.75) is 33.4 Å². The van der Waals surface area contributed by atoms with Crippen LogP contribution in [-0.4, -0.2) is 44.8 Å². The summed E-state index contributed by atoms with van der Waals surface area (Å²) in [6.45, 7) is 5.74. The molecule has 9 heteroatoms. The predicted molar refractivity (Wildman–Crippen MR) is 89.1 cm³/mol. The molecule has 8 nitrogen and oxygen atoms in total. The molecule has 0 radical (unpaired) electrons. The molecule has 1 aliphatic heterocycles. The third kappa shape index (κ3) is 3.25. The summed E-state index contributed by atoms with van der Waals surface area (Å²) in [5.41, 5.74) is 1.43. The van der Waals surface area contributed by atoms with Crippen LogP contribution in [0.15, 0.2) is 12.3 Å². The zero-order chi connectivity index (χ0) is 17.1. The molecule has 0 aliphatic carbocycles. The summed E-state index contributed by atoms with van der Waals surface area (Å²) in [7, 11) is 0. The van der Waals surface area contributed by atoms with Gasteiger partial charge in [-0.15, -0.1) is 0 Å². The van der Waals surface area contributed by atoms with Gasteiger partial charge in [0.1, 0.15) is 5.69 Å². The minimum absolute atomic E-state index is 0.234. The van der Waals surface area contributed by atoms with Crippen LogP contribution in [0.5, 0.6) is 0 Å². The monoisotopic (exact) mass is 349 g/mol. The Labute approximate surface area is 143 Å². The number of aryl methyl sites for hydroxylation is 1. The number of carbonyl (C=O) groups is 2. The molecule has 0 spiro atoms. The number of carbonyl (C=O) groups excluding carboxylic acids is 2. The molecule has 0 bridgehead atoms. The van der Waals surface area contributed by atoms with Crippen molar-refractivity contribution in [3.8, 4) is 0 Å². The lowest BCUT2D eigenvalue weighted by molar-refractivity contribution is 0.101. The molecule has 1 N–H and O–H groups in total. The Balaban J connectivity index is 1.70. The number of nitrogens with zero attached hydrogens (tertiary/aromatic N) is 4. The van der Waals surface area contributed by atoms with E-state index in [1.54, 1.807) is 28.8 Å². The quantitative estimate of drug-likeness (QED) is 0.913. The normalized spacial score (nSPS) is 13.5. The van der Waals surface area contributed by atoms with Crippen LogP contribution in [0.3, 0.4) is 0 Å². The fraction of sp³-hybridized carbons (Fsp3) is 0.467. The lowest BCUT2D eigenvalue weighted by atomic mass is 10.2. The first kappa shape index (κ1) is 16.4. The molecule has 2 aromatic heterocycles. The van der Waals surface area contributed by atoms with Crippen molar-refractivity contribution >= 4 is 28.5 Å². The summed E-state index contributed by atoms with van der Waals surface area (Å²) < 4.78 is 6.66. The van der Waals surface area contributed by atoms with Gasteiger partial charge in [-0.25, -0.2) is 9.78 Å². The van der Waals surface area contributed by atoms with E-state index in [1.165, 1.54) is 11.3 Å². The van der Waals surface area contributed by atoms with Gasteiger partial charge in [0.2, 0.25) is 0 Å². The van der Waals surface area contributed by atoms with Crippen LogP contribution in [0.25, 0.3) is 0 Å². The second kappa shape index (κ2) is 7.00. The van der Waals surface area contributed by atoms with Gasteiger partial charge < -0.3 is 9.64 Å². The Morgan fingerprint density at radius 1 is 1.42 bits per heavy atom. The van der Waals surface area contributed by atoms with Crippen molar-refractivity contribution in [2.75, 3.05) is 18.5 Å². The number of rotatable bonds is 4. The van der Waals surface area contributed by atoms with Crippen LogP contribution >= 0.6 is 11.3 Å². The molecule has 1 aliphatic rings. The largest absolute Gasteiger partial charge is 0.450 e. The van der Waals surface area contributed by atoms with Gasteiger partial charge in [-0.1, -0.05) is 11.3 Å². The fourth-order valence-electron chi connectivity index (χ4n) is 2.56. The Morgan fingerprint density at radius 2 is 2.25 bits per heavy atom. The van der Waals surface area contributed by atoms with E-state index in [4.69, 9.17) is 4.74 Å². The van der Waals surface area contributed by atoms with Gasteiger partial charge in [0.25, 0.3) is 5.91 Å². The summed E-state index contributed by atoms with van der Waals surface area (Å²) in [6.07, 6.45) is 1.95. The highest BCUT2D eigenvalue weighted by Gasteiger charge is 2.25. The van der Waals surface area contributed by atoms with Crippen molar-refractivity contribution in [3.05, 3.63) is 28.5 Å². The first-order valence-corrected chi connectivity index (χ1v) is 8.67. The zero-order valence-electron chi connectivity index (χ0n) is 13.6.